The summed E-state index contributed by atoms with van der Waals surface area (Å²) >= 11 is 0. The van der Waals surface area contributed by atoms with Gasteiger partial charge in [0.25, 0.3) is 0 Å². The van der Waals surface area contributed by atoms with Crippen LogP contribution < -0.4 is 0 Å². The monoisotopic (exact) mass is 199 g/mol. The van der Waals surface area contributed by atoms with Gasteiger partial charge in [-0.3, -0.25) is 0 Å². The first-order valence-corrected chi connectivity index (χ1v) is 4.66. The van der Waals surface area contributed by atoms with E-state index in [9.17, 15) is 0 Å². The highest BCUT2D eigenvalue weighted by molar-refractivity contribution is 5.79. The molecule has 0 aliphatic heterocycles. The molecule has 3 rings (SSSR count). The highest BCUT2D eigenvalue weighted by Crippen LogP contribution is 2.22. The van der Waals surface area contributed by atoms with Gasteiger partial charge in [0.05, 0.1) is 17.2 Å². The lowest BCUT2D eigenvalue weighted by atomic mass is 10.3. The first kappa shape index (κ1) is 8.23. The number of rotatable bonds is 1. The first-order chi connectivity index (χ1) is 7.36. The van der Waals surface area contributed by atoms with Crippen molar-refractivity contribution >= 4 is 11.0 Å². The van der Waals surface area contributed by atoms with Crippen molar-refractivity contribution in [1.29, 1.82) is 0 Å². The number of hydrogen-bond acceptors (Lipinski definition) is 3. The van der Waals surface area contributed by atoms with E-state index < -0.39 is 0 Å². The lowest BCUT2D eigenvalue weighted by Gasteiger charge is -1.96. The van der Waals surface area contributed by atoms with Crippen molar-refractivity contribution in [2.75, 3.05) is 0 Å². The van der Waals surface area contributed by atoms with Gasteiger partial charge in [-0.2, -0.15) is 0 Å². The van der Waals surface area contributed by atoms with E-state index in [1.54, 1.807) is 6.20 Å². The third-order valence-corrected chi connectivity index (χ3v) is 2.44. The molecule has 0 amide bonds. The summed E-state index contributed by atoms with van der Waals surface area (Å²) in [7, 11) is 1.97. The Kier molecular flexibility index (Phi) is 1.62. The molecule has 3 aromatic rings. The Labute approximate surface area is 86.2 Å². The predicted molar refractivity (Wildman–Crippen MR) is 56.2 cm³/mol. The average molecular weight is 199 g/mol. The van der Waals surface area contributed by atoms with Gasteiger partial charge in [-0.05, 0) is 12.1 Å². The van der Waals surface area contributed by atoms with Crippen molar-refractivity contribution in [3.8, 4) is 11.6 Å². The van der Waals surface area contributed by atoms with Crippen molar-refractivity contribution in [3.05, 3.63) is 36.9 Å². The van der Waals surface area contributed by atoms with E-state index in [2.05, 4.69) is 9.97 Å². The maximum atomic E-state index is 5.24. The van der Waals surface area contributed by atoms with Gasteiger partial charge in [0.15, 0.2) is 18.0 Å². The number of imidazole rings is 1. The number of hydrogen-bond donors (Lipinski definition) is 0. The van der Waals surface area contributed by atoms with Crippen LogP contribution >= 0.6 is 0 Å². The fourth-order valence-electron chi connectivity index (χ4n) is 1.69. The Balaban J connectivity index is 2.33. The summed E-state index contributed by atoms with van der Waals surface area (Å²) in [5.74, 6) is 1.49. The predicted octanol–water partition coefficient (Wildman–Crippen LogP) is 2.23. The fraction of sp³-hybridized carbons (Fsp3) is 0.0909. The van der Waals surface area contributed by atoms with Gasteiger partial charge in [-0.25, -0.2) is 9.97 Å². The molecule has 0 fully saturated rings. The molecule has 0 aliphatic carbocycles. The molecule has 0 N–H and O–H groups in total. The fourth-order valence-corrected chi connectivity index (χ4v) is 1.69. The number of nitrogens with zero attached hydrogens (tertiary/aromatic N) is 3. The molecule has 0 atom stereocenters. The van der Waals surface area contributed by atoms with Crippen LogP contribution in [0.3, 0.4) is 0 Å². The van der Waals surface area contributed by atoms with E-state index in [4.69, 9.17) is 4.42 Å². The number of oxazole rings is 1. The topological polar surface area (TPSA) is 43.9 Å². The third-order valence-electron chi connectivity index (χ3n) is 2.44. The Hall–Kier alpha value is -2.10. The van der Waals surface area contributed by atoms with Crippen molar-refractivity contribution in [2.45, 2.75) is 0 Å². The molecule has 0 aliphatic rings. The highest BCUT2D eigenvalue weighted by Gasteiger charge is 2.11. The third kappa shape index (κ3) is 1.15. The minimum atomic E-state index is 0.689. The summed E-state index contributed by atoms with van der Waals surface area (Å²) in [5.41, 5.74) is 2.05. The largest absolute Gasteiger partial charge is 0.440 e. The summed E-state index contributed by atoms with van der Waals surface area (Å²) in [6.07, 6.45) is 3.08. The molecular formula is C11H9N3O. The smallest absolute Gasteiger partial charge is 0.189 e. The second kappa shape index (κ2) is 2.95. The number of aryl methyl sites for hydroxylation is 1. The Bertz CT molecular complexity index is 595. The molecule has 74 valence electrons. The standard InChI is InChI=1S/C11H9N3O/c1-14-9-5-3-2-4-8(9)13-11(14)10-6-12-7-15-10/h2-7H,1H3. The molecule has 0 saturated heterocycles. The molecule has 4 nitrogen and oxygen atoms in total. The normalized spacial score (nSPS) is 11.0. The number of benzene rings is 1. The second-order valence-electron chi connectivity index (χ2n) is 3.35. The zero-order chi connectivity index (χ0) is 10.3. The number of para-hydroxylation sites is 2. The van der Waals surface area contributed by atoms with E-state index in [1.165, 1.54) is 6.39 Å². The first-order valence-electron chi connectivity index (χ1n) is 4.66. The van der Waals surface area contributed by atoms with E-state index in [-0.39, 0.29) is 0 Å². The van der Waals surface area contributed by atoms with Gasteiger partial charge in [0.1, 0.15) is 0 Å². The minimum Gasteiger partial charge on any atom is -0.440 e. The summed E-state index contributed by atoms with van der Waals surface area (Å²) in [6, 6.07) is 7.98. The van der Waals surface area contributed by atoms with Gasteiger partial charge in [0.2, 0.25) is 0 Å². The van der Waals surface area contributed by atoms with Gasteiger partial charge < -0.3 is 8.98 Å². The summed E-state index contributed by atoms with van der Waals surface area (Å²) in [5, 5.41) is 0. The van der Waals surface area contributed by atoms with Crippen molar-refractivity contribution in [1.82, 2.24) is 14.5 Å². The quantitative estimate of drug-likeness (QED) is 0.603. The Morgan fingerprint density at radius 1 is 1.27 bits per heavy atom. The minimum absolute atomic E-state index is 0.689. The van der Waals surface area contributed by atoms with Crippen LogP contribution in [-0.4, -0.2) is 14.5 Å². The van der Waals surface area contributed by atoms with Crippen LogP contribution in [0.1, 0.15) is 0 Å². The van der Waals surface area contributed by atoms with Crippen LogP contribution in [0.15, 0.2) is 41.3 Å². The van der Waals surface area contributed by atoms with Crippen molar-refractivity contribution in [3.63, 3.8) is 0 Å². The van der Waals surface area contributed by atoms with Crippen LogP contribution in [0.4, 0.5) is 0 Å². The lowest BCUT2D eigenvalue weighted by Crippen LogP contribution is -1.90. The zero-order valence-electron chi connectivity index (χ0n) is 8.21. The molecule has 0 spiro atoms. The molecule has 0 unspecified atom stereocenters. The maximum Gasteiger partial charge on any atom is 0.189 e. The van der Waals surface area contributed by atoms with E-state index in [0.29, 0.717) is 5.76 Å². The van der Waals surface area contributed by atoms with Crippen LogP contribution in [0.2, 0.25) is 0 Å². The maximum absolute atomic E-state index is 5.24. The van der Waals surface area contributed by atoms with E-state index in [1.807, 2.05) is 35.9 Å². The Morgan fingerprint density at radius 2 is 2.13 bits per heavy atom. The molecule has 2 aromatic heterocycles. The van der Waals surface area contributed by atoms with Crippen LogP contribution in [0, 0.1) is 0 Å². The zero-order valence-corrected chi connectivity index (χ0v) is 8.21. The molecule has 1 aromatic carbocycles. The molecule has 2 heterocycles. The van der Waals surface area contributed by atoms with Crippen molar-refractivity contribution < 1.29 is 4.42 Å². The van der Waals surface area contributed by atoms with Crippen LogP contribution in [0.5, 0.6) is 0 Å². The van der Waals surface area contributed by atoms with Gasteiger partial charge in [-0.15, -0.1) is 0 Å². The van der Waals surface area contributed by atoms with Gasteiger partial charge in [0, 0.05) is 7.05 Å². The summed E-state index contributed by atoms with van der Waals surface area (Å²) < 4.78 is 7.23. The molecule has 15 heavy (non-hydrogen) atoms. The van der Waals surface area contributed by atoms with Crippen LogP contribution in [0.25, 0.3) is 22.6 Å². The number of fused-ring (bicyclic) bond motifs is 1. The highest BCUT2D eigenvalue weighted by atomic mass is 16.3. The molecular weight excluding hydrogens is 190 g/mol. The SMILES string of the molecule is Cn1c(-c2cnco2)nc2ccccc21. The second-order valence-corrected chi connectivity index (χ2v) is 3.35. The summed E-state index contributed by atoms with van der Waals surface area (Å²) in [4.78, 5) is 8.37. The van der Waals surface area contributed by atoms with E-state index >= 15 is 0 Å². The average Bonchev–Trinajstić information content (AvgIpc) is 2.87. The van der Waals surface area contributed by atoms with Gasteiger partial charge >= 0.3 is 0 Å². The number of aromatic nitrogens is 3. The summed E-state index contributed by atoms with van der Waals surface area (Å²) in [6.45, 7) is 0. The molecule has 0 saturated carbocycles. The van der Waals surface area contributed by atoms with E-state index in [0.717, 1.165) is 16.9 Å². The molecule has 4 heteroatoms. The van der Waals surface area contributed by atoms with Crippen LogP contribution in [-0.2, 0) is 7.05 Å². The molecule has 0 bridgehead atoms. The Morgan fingerprint density at radius 3 is 2.87 bits per heavy atom. The molecule has 0 radical (unpaired) electrons. The van der Waals surface area contributed by atoms with Gasteiger partial charge in [-0.1, -0.05) is 12.1 Å². The van der Waals surface area contributed by atoms with Crippen molar-refractivity contribution in [2.24, 2.45) is 7.05 Å². The lowest BCUT2D eigenvalue weighted by molar-refractivity contribution is 0.565.